The van der Waals surface area contributed by atoms with Crippen LogP contribution in [-0.4, -0.2) is 44.0 Å². The molecule has 0 aromatic heterocycles. The molecule has 0 saturated heterocycles. The molecular weight excluding hydrogens is 480 g/mol. The Hall–Kier alpha value is -3.30. The topological polar surface area (TPSA) is 95.1 Å². The summed E-state index contributed by atoms with van der Waals surface area (Å²) in [5, 5.41) is 6.72. The fourth-order valence-electron chi connectivity index (χ4n) is 3.46. The van der Waals surface area contributed by atoms with E-state index in [1.165, 1.54) is 7.11 Å². The SMILES string of the molecule is CCOC(=O)COc1c(Cl)cc([C@@H]2NC(=S)NC(c3ccccc3)=C2C(=O)OCC)cc1OC. The second-order valence-electron chi connectivity index (χ2n) is 7.03. The molecule has 10 heteroatoms. The van der Waals surface area contributed by atoms with E-state index < -0.39 is 18.0 Å². The van der Waals surface area contributed by atoms with Crippen LogP contribution in [0.4, 0.5) is 0 Å². The van der Waals surface area contributed by atoms with Crippen LogP contribution in [0.25, 0.3) is 5.70 Å². The molecule has 2 aromatic carbocycles. The van der Waals surface area contributed by atoms with Crippen LogP contribution in [0.5, 0.6) is 11.5 Å². The van der Waals surface area contributed by atoms with Gasteiger partial charge in [0.05, 0.1) is 42.7 Å². The number of esters is 2. The predicted octanol–water partition coefficient (Wildman–Crippen LogP) is 3.78. The first-order valence-electron chi connectivity index (χ1n) is 10.6. The Morgan fingerprint density at radius 2 is 1.79 bits per heavy atom. The van der Waals surface area contributed by atoms with Crippen LogP contribution in [-0.2, 0) is 19.1 Å². The van der Waals surface area contributed by atoms with Gasteiger partial charge < -0.3 is 29.6 Å². The van der Waals surface area contributed by atoms with Crippen molar-refractivity contribution < 1.29 is 28.5 Å². The molecule has 8 nitrogen and oxygen atoms in total. The first-order valence-corrected chi connectivity index (χ1v) is 11.4. The molecule has 0 bridgehead atoms. The number of benzene rings is 2. The fourth-order valence-corrected chi connectivity index (χ4v) is 3.95. The van der Waals surface area contributed by atoms with Crippen molar-refractivity contribution in [1.29, 1.82) is 0 Å². The molecule has 1 aliphatic rings. The van der Waals surface area contributed by atoms with E-state index in [0.717, 1.165) is 5.56 Å². The maximum atomic E-state index is 13.1. The summed E-state index contributed by atoms with van der Waals surface area (Å²) in [6.45, 7) is 3.55. The average molecular weight is 505 g/mol. The smallest absolute Gasteiger partial charge is 0.344 e. The predicted molar refractivity (Wildman–Crippen MR) is 132 cm³/mol. The van der Waals surface area contributed by atoms with Crippen molar-refractivity contribution in [2.75, 3.05) is 26.9 Å². The normalized spacial score (nSPS) is 15.2. The van der Waals surface area contributed by atoms with Crippen LogP contribution in [0, 0.1) is 0 Å². The molecule has 1 heterocycles. The van der Waals surface area contributed by atoms with Gasteiger partial charge in [0.2, 0.25) is 0 Å². The number of hydrogen-bond acceptors (Lipinski definition) is 7. The highest BCUT2D eigenvalue weighted by Crippen LogP contribution is 2.41. The number of carbonyl (C=O) groups is 2. The molecule has 34 heavy (non-hydrogen) atoms. The van der Waals surface area contributed by atoms with Gasteiger partial charge in [0.1, 0.15) is 0 Å². The summed E-state index contributed by atoms with van der Waals surface area (Å²) in [4.78, 5) is 24.8. The largest absolute Gasteiger partial charge is 0.493 e. The van der Waals surface area contributed by atoms with Crippen LogP contribution in [0.3, 0.4) is 0 Å². The lowest BCUT2D eigenvalue weighted by Crippen LogP contribution is -2.45. The summed E-state index contributed by atoms with van der Waals surface area (Å²) in [5.74, 6) is -0.577. The van der Waals surface area contributed by atoms with E-state index in [9.17, 15) is 9.59 Å². The Morgan fingerprint density at radius 1 is 1.09 bits per heavy atom. The second-order valence-corrected chi connectivity index (χ2v) is 7.85. The molecule has 0 unspecified atom stereocenters. The lowest BCUT2D eigenvalue weighted by atomic mass is 9.92. The highest BCUT2D eigenvalue weighted by molar-refractivity contribution is 7.80. The number of ether oxygens (including phenoxy) is 4. The molecule has 0 radical (unpaired) electrons. The molecule has 0 amide bonds. The van der Waals surface area contributed by atoms with Gasteiger partial charge in [-0.15, -0.1) is 0 Å². The summed E-state index contributed by atoms with van der Waals surface area (Å²) in [6.07, 6.45) is 0. The van der Waals surface area contributed by atoms with Crippen molar-refractivity contribution in [3.05, 3.63) is 64.2 Å². The van der Waals surface area contributed by atoms with Gasteiger partial charge in [0, 0.05) is 0 Å². The minimum atomic E-state index is -0.687. The van der Waals surface area contributed by atoms with E-state index in [0.29, 0.717) is 21.9 Å². The van der Waals surface area contributed by atoms with Crippen LogP contribution in [0.2, 0.25) is 5.02 Å². The van der Waals surface area contributed by atoms with Gasteiger partial charge in [-0.3, -0.25) is 0 Å². The van der Waals surface area contributed by atoms with Crippen molar-refractivity contribution in [2.45, 2.75) is 19.9 Å². The number of halogens is 1. The number of carbonyl (C=O) groups excluding carboxylic acids is 2. The average Bonchev–Trinajstić information content (AvgIpc) is 2.83. The molecule has 2 aromatic rings. The Kier molecular flexibility index (Phi) is 8.72. The van der Waals surface area contributed by atoms with Crippen molar-refractivity contribution in [3.63, 3.8) is 0 Å². The van der Waals surface area contributed by atoms with Crippen LogP contribution < -0.4 is 20.1 Å². The minimum absolute atomic E-state index is 0.183. The maximum Gasteiger partial charge on any atom is 0.344 e. The van der Waals surface area contributed by atoms with Gasteiger partial charge in [-0.25, -0.2) is 9.59 Å². The Morgan fingerprint density at radius 3 is 2.44 bits per heavy atom. The summed E-state index contributed by atoms with van der Waals surface area (Å²) >= 11 is 11.9. The Bertz CT molecular complexity index is 1110. The van der Waals surface area contributed by atoms with E-state index in [4.69, 9.17) is 42.8 Å². The molecule has 0 fully saturated rings. The molecule has 0 aliphatic carbocycles. The van der Waals surface area contributed by atoms with E-state index in [1.54, 1.807) is 26.0 Å². The first-order chi connectivity index (χ1) is 16.4. The fraction of sp³-hybridized carbons (Fsp3) is 0.292. The van der Waals surface area contributed by atoms with Gasteiger partial charge in [-0.05, 0) is 49.3 Å². The minimum Gasteiger partial charge on any atom is -0.493 e. The zero-order valence-corrected chi connectivity index (χ0v) is 20.5. The maximum absolute atomic E-state index is 13.1. The second kappa shape index (κ2) is 11.7. The summed E-state index contributed by atoms with van der Waals surface area (Å²) in [6, 6.07) is 11.9. The third-order valence-corrected chi connectivity index (χ3v) is 5.36. The molecule has 3 rings (SSSR count). The Labute approximate surface area is 208 Å². The third-order valence-electron chi connectivity index (χ3n) is 4.85. The highest BCUT2D eigenvalue weighted by atomic mass is 35.5. The van der Waals surface area contributed by atoms with Crippen molar-refractivity contribution in [3.8, 4) is 11.5 Å². The number of nitrogens with one attached hydrogen (secondary N) is 2. The molecular formula is C24H25ClN2O6S. The lowest BCUT2D eigenvalue weighted by Gasteiger charge is -2.31. The first kappa shape index (κ1) is 25.3. The molecule has 1 atom stereocenters. The molecule has 180 valence electrons. The number of methoxy groups -OCH3 is 1. The van der Waals surface area contributed by atoms with Crippen LogP contribution in [0.1, 0.15) is 31.0 Å². The standard InChI is InChI=1S/C24H25ClN2O6S/c1-4-31-18(28)13-33-22-16(25)11-15(12-17(22)30-3)21-19(23(29)32-5-2)20(26-24(34)27-21)14-9-7-6-8-10-14/h6-12,21H,4-5,13H2,1-3H3,(H2,26,27,34)/t21-/m0/s1. The van der Waals surface area contributed by atoms with Crippen molar-refractivity contribution in [2.24, 2.45) is 0 Å². The van der Waals surface area contributed by atoms with E-state index in [2.05, 4.69) is 10.6 Å². The monoisotopic (exact) mass is 504 g/mol. The number of hydrogen-bond donors (Lipinski definition) is 2. The van der Waals surface area contributed by atoms with Crippen LogP contribution >= 0.6 is 23.8 Å². The van der Waals surface area contributed by atoms with Gasteiger partial charge >= 0.3 is 11.9 Å². The zero-order chi connectivity index (χ0) is 24.7. The van der Waals surface area contributed by atoms with Crippen molar-refractivity contribution >= 4 is 46.6 Å². The van der Waals surface area contributed by atoms with Gasteiger partial charge in [0.25, 0.3) is 0 Å². The molecule has 0 spiro atoms. The van der Waals surface area contributed by atoms with Crippen LogP contribution in [0.15, 0.2) is 48.0 Å². The Balaban J connectivity index is 2.08. The van der Waals surface area contributed by atoms with E-state index >= 15 is 0 Å². The summed E-state index contributed by atoms with van der Waals surface area (Å²) < 4.78 is 21.3. The highest BCUT2D eigenvalue weighted by Gasteiger charge is 2.34. The number of rotatable bonds is 9. The van der Waals surface area contributed by atoms with Gasteiger partial charge in [-0.1, -0.05) is 41.9 Å². The molecule has 1 aliphatic heterocycles. The van der Waals surface area contributed by atoms with Gasteiger partial charge in [0.15, 0.2) is 23.2 Å². The lowest BCUT2D eigenvalue weighted by molar-refractivity contribution is -0.145. The molecule has 0 saturated carbocycles. The van der Waals surface area contributed by atoms with E-state index in [-0.39, 0.29) is 36.3 Å². The zero-order valence-electron chi connectivity index (χ0n) is 19.0. The number of thiocarbonyl (C=S) groups is 1. The van der Waals surface area contributed by atoms with E-state index in [1.807, 2.05) is 30.3 Å². The van der Waals surface area contributed by atoms with Gasteiger partial charge in [-0.2, -0.15) is 0 Å². The summed E-state index contributed by atoms with van der Waals surface area (Å²) in [5.41, 5.74) is 2.23. The van der Waals surface area contributed by atoms with Crippen molar-refractivity contribution in [1.82, 2.24) is 10.6 Å². The quantitative estimate of drug-likeness (QED) is 0.390. The third kappa shape index (κ3) is 5.78. The molecule has 2 N–H and O–H groups in total. The summed E-state index contributed by atoms with van der Waals surface area (Å²) in [7, 11) is 1.45.